The SMILES string of the molecule is CNC(=O)C(C)=CC(=O)O. The molecule has 56 valence electrons. The summed E-state index contributed by atoms with van der Waals surface area (Å²) in [5.41, 5.74) is 0.190. The van der Waals surface area contributed by atoms with Crippen molar-refractivity contribution in [2.75, 3.05) is 7.05 Å². The summed E-state index contributed by atoms with van der Waals surface area (Å²) in [6, 6.07) is 0. The summed E-state index contributed by atoms with van der Waals surface area (Å²) in [5.74, 6) is -1.48. The molecule has 10 heavy (non-hydrogen) atoms. The Bertz CT molecular complexity index is 183. The van der Waals surface area contributed by atoms with E-state index in [-0.39, 0.29) is 11.5 Å². The summed E-state index contributed by atoms with van der Waals surface area (Å²) in [6.45, 7) is 1.44. The lowest BCUT2D eigenvalue weighted by molar-refractivity contribution is -0.131. The van der Waals surface area contributed by atoms with Gasteiger partial charge in [0.1, 0.15) is 0 Å². The van der Waals surface area contributed by atoms with Crippen LogP contribution in [0.15, 0.2) is 11.6 Å². The number of hydrogen-bond donors (Lipinski definition) is 2. The molecular weight excluding hydrogens is 134 g/mol. The molecule has 0 aliphatic heterocycles. The summed E-state index contributed by atoms with van der Waals surface area (Å²) in [4.78, 5) is 20.6. The van der Waals surface area contributed by atoms with Crippen molar-refractivity contribution in [2.24, 2.45) is 0 Å². The smallest absolute Gasteiger partial charge is 0.328 e. The lowest BCUT2D eigenvalue weighted by Crippen LogP contribution is -2.19. The molecule has 0 saturated carbocycles. The molecule has 0 aliphatic carbocycles. The first-order chi connectivity index (χ1) is 4.57. The average Bonchev–Trinajstić information content (AvgIpc) is 1.85. The predicted octanol–water partition coefficient (Wildman–Crippen LogP) is -0.237. The minimum atomic E-state index is -1.11. The predicted molar refractivity (Wildman–Crippen MR) is 35.5 cm³/mol. The number of carbonyl (C=O) groups is 2. The van der Waals surface area contributed by atoms with Crippen molar-refractivity contribution in [1.29, 1.82) is 0 Å². The van der Waals surface area contributed by atoms with Crippen LogP contribution in [0.1, 0.15) is 6.92 Å². The Morgan fingerprint density at radius 3 is 2.30 bits per heavy atom. The third-order valence-electron chi connectivity index (χ3n) is 0.925. The van der Waals surface area contributed by atoms with Gasteiger partial charge in [0.05, 0.1) is 0 Å². The van der Waals surface area contributed by atoms with E-state index < -0.39 is 5.97 Å². The lowest BCUT2D eigenvalue weighted by Gasteiger charge is -1.95. The summed E-state index contributed by atoms with van der Waals surface area (Å²) >= 11 is 0. The van der Waals surface area contributed by atoms with E-state index in [1.165, 1.54) is 14.0 Å². The first-order valence-electron chi connectivity index (χ1n) is 2.71. The summed E-state index contributed by atoms with van der Waals surface area (Å²) in [7, 11) is 1.45. The molecule has 0 fully saturated rings. The number of carbonyl (C=O) groups excluding carboxylic acids is 1. The standard InChI is InChI=1S/C6H9NO3/c1-4(3-5(8)9)6(10)7-2/h3H,1-2H3,(H,7,10)(H,8,9). The Labute approximate surface area is 58.5 Å². The molecule has 0 unspecified atom stereocenters. The number of carboxylic acids is 1. The van der Waals surface area contributed by atoms with Crippen LogP contribution in [0.3, 0.4) is 0 Å². The van der Waals surface area contributed by atoms with E-state index in [4.69, 9.17) is 5.11 Å². The summed E-state index contributed by atoms with van der Waals surface area (Å²) < 4.78 is 0. The Morgan fingerprint density at radius 1 is 1.50 bits per heavy atom. The van der Waals surface area contributed by atoms with Crippen LogP contribution < -0.4 is 5.32 Å². The van der Waals surface area contributed by atoms with Crippen LogP contribution >= 0.6 is 0 Å². The second-order valence-corrected chi connectivity index (χ2v) is 1.74. The summed E-state index contributed by atoms with van der Waals surface area (Å²) in [6.07, 6.45) is 0.860. The first-order valence-corrected chi connectivity index (χ1v) is 2.71. The fourth-order valence-electron chi connectivity index (χ4n) is 0.448. The molecule has 4 heteroatoms. The van der Waals surface area contributed by atoms with Crippen molar-refractivity contribution in [3.05, 3.63) is 11.6 Å². The van der Waals surface area contributed by atoms with Crippen molar-refractivity contribution in [1.82, 2.24) is 5.32 Å². The molecule has 0 radical (unpaired) electrons. The fraction of sp³-hybridized carbons (Fsp3) is 0.333. The molecule has 0 aromatic heterocycles. The van der Waals surface area contributed by atoms with Crippen molar-refractivity contribution in [3.63, 3.8) is 0 Å². The van der Waals surface area contributed by atoms with E-state index in [1.807, 2.05) is 0 Å². The number of amides is 1. The van der Waals surface area contributed by atoms with Crippen LogP contribution in [0.5, 0.6) is 0 Å². The van der Waals surface area contributed by atoms with Crippen LogP contribution in [-0.4, -0.2) is 24.0 Å². The normalized spacial score (nSPS) is 10.8. The average molecular weight is 143 g/mol. The molecule has 0 aliphatic rings. The van der Waals surface area contributed by atoms with Crippen molar-refractivity contribution in [3.8, 4) is 0 Å². The van der Waals surface area contributed by atoms with E-state index in [2.05, 4.69) is 5.32 Å². The monoisotopic (exact) mass is 143 g/mol. The third kappa shape index (κ3) is 2.86. The molecule has 0 aromatic carbocycles. The van der Waals surface area contributed by atoms with Crippen LogP contribution in [-0.2, 0) is 9.59 Å². The quantitative estimate of drug-likeness (QED) is 0.524. The molecule has 1 amide bonds. The maximum absolute atomic E-state index is 10.6. The number of carboxylic acid groups (broad SMARTS) is 1. The van der Waals surface area contributed by atoms with Gasteiger partial charge in [-0.25, -0.2) is 4.79 Å². The number of likely N-dealkylation sites (N-methyl/N-ethyl adjacent to an activating group) is 1. The van der Waals surface area contributed by atoms with Crippen molar-refractivity contribution < 1.29 is 14.7 Å². The zero-order valence-corrected chi connectivity index (χ0v) is 5.84. The Balaban J connectivity index is 4.19. The highest BCUT2D eigenvalue weighted by atomic mass is 16.4. The van der Waals surface area contributed by atoms with Crippen LogP contribution in [0.25, 0.3) is 0 Å². The minimum absolute atomic E-state index is 0.190. The highest BCUT2D eigenvalue weighted by Crippen LogP contribution is 1.89. The zero-order chi connectivity index (χ0) is 8.15. The van der Waals surface area contributed by atoms with Gasteiger partial charge in [0.2, 0.25) is 5.91 Å². The van der Waals surface area contributed by atoms with Crippen LogP contribution in [0.2, 0.25) is 0 Å². The van der Waals surface area contributed by atoms with Crippen molar-refractivity contribution >= 4 is 11.9 Å². The highest BCUT2D eigenvalue weighted by molar-refractivity contribution is 5.98. The van der Waals surface area contributed by atoms with Crippen molar-refractivity contribution in [2.45, 2.75) is 6.92 Å². The van der Waals surface area contributed by atoms with Gasteiger partial charge < -0.3 is 10.4 Å². The summed E-state index contributed by atoms with van der Waals surface area (Å²) in [5, 5.41) is 10.5. The Kier molecular flexibility index (Phi) is 3.17. The molecule has 2 N–H and O–H groups in total. The second-order valence-electron chi connectivity index (χ2n) is 1.74. The fourth-order valence-corrected chi connectivity index (χ4v) is 0.448. The van der Waals surface area contributed by atoms with Gasteiger partial charge >= 0.3 is 5.97 Å². The van der Waals surface area contributed by atoms with E-state index in [0.717, 1.165) is 6.08 Å². The number of aliphatic carboxylic acids is 1. The molecular formula is C6H9NO3. The molecule has 0 atom stereocenters. The molecule has 0 spiro atoms. The Hall–Kier alpha value is -1.32. The van der Waals surface area contributed by atoms with Gasteiger partial charge in [-0.2, -0.15) is 0 Å². The van der Waals surface area contributed by atoms with E-state index in [1.54, 1.807) is 0 Å². The number of hydrogen-bond acceptors (Lipinski definition) is 2. The third-order valence-corrected chi connectivity index (χ3v) is 0.925. The zero-order valence-electron chi connectivity index (χ0n) is 5.84. The molecule has 0 bridgehead atoms. The van der Waals surface area contributed by atoms with Gasteiger partial charge in [0.15, 0.2) is 0 Å². The molecule has 0 rings (SSSR count). The molecule has 4 nitrogen and oxygen atoms in total. The maximum atomic E-state index is 10.6. The van der Waals surface area contributed by atoms with E-state index in [9.17, 15) is 9.59 Å². The topological polar surface area (TPSA) is 66.4 Å². The van der Waals surface area contributed by atoms with Gasteiger partial charge in [-0.1, -0.05) is 0 Å². The second kappa shape index (κ2) is 3.66. The van der Waals surface area contributed by atoms with Gasteiger partial charge in [-0.05, 0) is 6.92 Å². The Morgan fingerprint density at radius 2 is 2.00 bits per heavy atom. The largest absolute Gasteiger partial charge is 0.478 e. The first kappa shape index (κ1) is 8.68. The lowest BCUT2D eigenvalue weighted by atomic mass is 10.3. The van der Waals surface area contributed by atoms with Crippen LogP contribution in [0, 0.1) is 0 Å². The van der Waals surface area contributed by atoms with E-state index in [0.29, 0.717) is 0 Å². The van der Waals surface area contributed by atoms with Gasteiger partial charge in [0.25, 0.3) is 0 Å². The molecule has 0 saturated heterocycles. The van der Waals surface area contributed by atoms with Crippen LogP contribution in [0.4, 0.5) is 0 Å². The number of rotatable bonds is 2. The molecule has 0 aromatic rings. The van der Waals surface area contributed by atoms with Gasteiger partial charge in [-0.15, -0.1) is 0 Å². The van der Waals surface area contributed by atoms with Gasteiger partial charge in [-0.3, -0.25) is 4.79 Å². The molecule has 0 heterocycles. The van der Waals surface area contributed by atoms with E-state index >= 15 is 0 Å². The van der Waals surface area contributed by atoms with Gasteiger partial charge in [0, 0.05) is 18.7 Å². The minimum Gasteiger partial charge on any atom is -0.478 e. The number of nitrogens with one attached hydrogen (secondary N) is 1. The highest BCUT2D eigenvalue weighted by Gasteiger charge is 2.01. The maximum Gasteiger partial charge on any atom is 0.328 e.